The molecule has 96 valence electrons. The summed E-state index contributed by atoms with van der Waals surface area (Å²) in [5.74, 6) is 0. The molecule has 0 radical (unpaired) electrons. The SMILES string of the molecule is Cc1ccc(S(=O)(=O)Cl)cc1S(=O)(=O)N(C)C. The van der Waals surface area contributed by atoms with Gasteiger partial charge in [-0.2, -0.15) is 0 Å². The maximum Gasteiger partial charge on any atom is 0.261 e. The van der Waals surface area contributed by atoms with Crippen molar-refractivity contribution < 1.29 is 16.8 Å². The van der Waals surface area contributed by atoms with Crippen molar-refractivity contribution in [2.24, 2.45) is 0 Å². The van der Waals surface area contributed by atoms with E-state index in [0.717, 1.165) is 10.4 Å². The highest BCUT2D eigenvalue weighted by molar-refractivity contribution is 8.13. The third kappa shape index (κ3) is 2.98. The Morgan fingerprint density at radius 3 is 2.06 bits per heavy atom. The molecule has 0 amide bonds. The average Bonchev–Trinajstić information content (AvgIpc) is 2.15. The molecule has 0 aliphatic heterocycles. The molecule has 0 atom stereocenters. The van der Waals surface area contributed by atoms with Crippen molar-refractivity contribution in [3.63, 3.8) is 0 Å². The summed E-state index contributed by atoms with van der Waals surface area (Å²) >= 11 is 0. The van der Waals surface area contributed by atoms with Crippen LogP contribution in [0.25, 0.3) is 0 Å². The van der Waals surface area contributed by atoms with E-state index >= 15 is 0 Å². The first kappa shape index (κ1) is 14.4. The van der Waals surface area contributed by atoms with Gasteiger partial charge in [0.2, 0.25) is 10.0 Å². The Labute approximate surface area is 105 Å². The van der Waals surface area contributed by atoms with E-state index in [0.29, 0.717) is 5.56 Å². The van der Waals surface area contributed by atoms with Crippen molar-refractivity contribution >= 4 is 29.8 Å². The van der Waals surface area contributed by atoms with E-state index in [9.17, 15) is 16.8 Å². The predicted molar refractivity (Wildman–Crippen MR) is 65.1 cm³/mol. The van der Waals surface area contributed by atoms with E-state index < -0.39 is 19.1 Å². The van der Waals surface area contributed by atoms with Gasteiger partial charge in [-0.3, -0.25) is 0 Å². The second kappa shape index (κ2) is 4.56. The fraction of sp³-hybridized carbons (Fsp3) is 0.333. The summed E-state index contributed by atoms with van der Waals surface area (Å²) in [6.07, 6.45) is 0. The van der Waals surface area contributed by atoms with Gasteiger partial charge in [-0.05, 0) is 24.6 Å². The smallest absolute Gasteiger partial charge is 0.207 e. The van der Waals surface area contributed by atoms with Crippen LogP contribution in [0, 0.1) is 6.92 Å². The fourth-order valence-corrected chi connectivity index (χ4v) is 3.20. The molecule has 8 heteroatoms. The molecule has 1 aromatic rings. The lowest BCUT2D eigenvalue weighted by Gasteiger charge is -2.14. The highest BCUT2D eigenvalue weighted by Crippen LogP contribution is 2.24. The molecule has 0 bridgehead atoms. The van der Waals surface area contributed by atoms with Gasteiger partial charge < -0.3 is 0 Å². The van der Waals surface area contributed by atoms with E-state index in [1.54, 1.807) is 6.92 Å². The van der Waals surface area contributed by atoms with Crippen LogP contribution >= 0.6 is 10.7 Å². The van der Waals surface area contributed by atoms with Crippen LogP contribution in [0.2, 0.25) is 0 Å². The summed E-state index contributed by atoms with van der Waals surface area (Å²) in [6, 6.07) is 3.74. The Kier molecular flexibility index (Phi) is 3.87. The minimum absolute atomic E-state index is 0.0655. The molecule has 0 saturated carbocycles. The standard InChI is InChI=1S/C9H12ClNO4S2/c1-7-4-5-8(16(10,12)13)6-9(7)17(14,15)11(2)3/h4-6H,1-3H3. The maximum absolute atomic E-state index is 11.9. The summed E-state index contributed by atoms with van der Waals surface area (Å²) in [6.45, 7) is 1.58. The lowest BCUT2D eigenvalue weighted by atomic mass is 10.2. The molecule has 0 aromatic heterocycles. The zero-order valence-corrected chi connectivity index (χ0v) is 11.9. The van der Waals surface area contributed by atoms with Crippen LogP contribution in [-0.4, -0.2) is 35.2 Å². The predicted octanol–water partition coefficient (Wildman–Crippen LogP) is 1.17. The molecule has 0 N–H and O–H groups in total. The minimum Gasteiger partial charge on any atom is -0.207 e. The van der Waals surface area contributed by atoms with E-state index in [-0.39, 0.29) is 9.79 Å². The van der Waals surface area contributed by atoms with Crippen molar-refractivity contribution in [2.45, 2.75) is 16.7 Å². The van der Waals surface area contributed by atoms with Gasteiger partial charge in [-0.25, -0.2) is 21.1 Å². The summed E-state index contributed by atoms with van der Waals surface area (Å²) in [5.41, 5.74) is 0.461. The number of benzene rings is 1. The Hall–Kier alpha value is -0.630. The number of hydrogen-bond donors (Lipinski definition) is 0. The number of halogens is 1. The molecule has 0 aliphatic rings. The summed E-state index contributed by atoms with van der Waals surface area (Å²) in [7, 11) is 0.301. The van der Waals surface area contributed by atoms with Gasteiger partial charge in [0.1, 0.15) is 0 Å². The lowest BCUT2D eigenvalue weighted by molar-refractivity contribution is 0.520. The maximum atomic E-state index is 11.9. The first-order valence-electron chi connectivity index (χ1n) is 4.54. The van der Waals surface area contributed by atoms with Crippen molar-refractivity contribution in [2.75, 3.05) is 14.1 Å². The molecular weight excluding hydrogens is 286 g/mol. The number of sulfonamides is 1. The molecular formula is C9H12ClNO4S2. The van der Waals surface area contributed by atoms with Gasteiger partial charge in [0.15, 0.2) is 0 Å². The van der Waals surface area contributed by atoms with Crippen LogP contribution in [0.1, 0.15) is 5.56 Å². The quantitative estimate of drug-likeness (QED) is 0.785. The Morgan fingerprint density at radius 1 is 1.12 bits per heavy atom. The molecule has 1 rings (SSSR count). The fourth-order valence-electron chi connectivity index (χ4n) is 1.21. The first-order chi connectivity index (χ1) is 7.56. The molecule has 0 aliphatic carbocycles. The van der Waals surface area contributed by atoms with Crippen molar-refractivity contribution in [1.29, 1.82) is 0 Å². The molecule has 1 aromatic carbocycles. The van der Waals surface area contributed by atoms with Gasteiger partial charge >= 0.3 is 0 Å². The Bertz CT molecular complexity index is 635. The topological polar surface area (TPSA) is 71.5 Å². The van der Waals surface area contributed by atoms with E-state index in [1.165, 1.54) is 26.2 Å². The third-order valence-electron chi connectivity index (χ3n) is 2.20. The largest absolute Gasteiger partial charge is 0.261 e. The number of rotatable bonds is 3. The van der Waals surface area contributed by atoms with Gasteiger partial charge in [0, 0.05) is 24.8 Å². The minimum atomic E-state index is -3.94. The zero-order chi connectivity index (χ0) is 13.4. The van der Waals surface area contributed by atoms with Gasteiger partial charge in [0.25, 0.3) is 9.05 Å². The molecule has 0 unspecified atom stereocenters. The van der Waals surface area contributed by atoms with Crippen molar-refractivity contribution in [3.8, 4) is 0 Å². The summed E-state index contributed by atoms with van der Waals surface area (Å²) in [5, 5.41) is 0. The monoisotopic (exact) mass is 297 g/mol. The van der Waals surface area contributed by atoms with Crippen molar-refractivity contribution in [1.82, 2.24) is 4.31 Å². The van der Waals surface area contributed by atoms with E-state index in [1.807, 2.05) is 0 Å². The molecule has 17 heavy (non-hydrogen) atoms. The van der Waals surface area contributed by atoms with Crippen molar-refractivity contribution in [3.05, 3.63) is 23.8 Å². The molecule has 0 saturated heterocycles. The Morgan fingerprint density at radius 2 is 1.65 bits per heavy atom. The van der Waals surface area contributed by atoms with Gasteiger partial charge in [-0.15, -0.1) is 0 Å². The lowest BCUT2D eigenvalue weighted by Crippen LogP contribution is -2.23. The first-order valence-corrected chi connectivity index (χ1v) is 8.29. The second-order valence-electron chi connectivity index (χ2n) is 3.65. The molecule has 0 heterocycles. The van der Waals surface area contributed by atoms with Crippen LogP contribution < -0.4 is 0 Å². The van der Waals surface area contributed by atoms with E-state index in [2.05, 4.69) is 0 Å². The average molecular weight is 298 g/mol. The van der Waals surface area contributed by atoms with Crippen LogP contribution in [0.15, 0.2) is 28.0 Å². The van der Waals surface area contributed by atoms with Gasteiger partial charge in [0.05, 0.1) is 9.79 Å². The number of nitrogens with zero attached hydrogens (tertiary/aromatic N) is 1. The van der Waals surface area contributed by atoms with Crippen LogP contribution in [-0.2, 0) is 19.1 Å². The number of aryl methyl sites for hydroxylation is 1. The second-order valence-corrected chi connectivity index (χ2v) is 8.34. The molecule has 0 spiro atoms. The van der Waals surface area contributed by atoms with Crippen LogP contribution in [0.4, 0.5) is 0 Å². The Balaban J connectivity index is 3.57. The van der Waals surface area contributed by atoms with Crippen LogP contribution in [0.3, 0.4) is 0 Å². The van der Waals surface area contributed by atoms with E-state index in [4.69, 9.17) is 10.7 Å². The summed E-state index contributed by atoms with van der Waals surface area (Å²) in [4.78, 5) is -0.297. The molecule has 5 nitrogen and oxygen atoms in total. The highest BCUT2D eigenvalue weighted by atomic mass is 35.7. The van der Waals surface area contributed by atoms with Gasteiger partial charge in [-0.1, -0.05) is 6.07 Å². The summed E-state index contributed by atoms with van der Waals surface area (Å²) < 4.78 is 47.2. The molecule has 0 fully saturated rings. The normalized spacial score (nSPS) is 13.0. The highest BCUT2D eigenvalue weighted by Gasteiger charge is 2.22. The zero-order valence-electron chi connectivity index (χ0n) is 9.51. The number of hydrogen-bond acceptors (Lipinski definition) is 4. The van der Waals surface area contributed by atoms with Crippen LogP contribution in [0.5, 0.6) is 0 Å². The third-order valence-corrected chi connectivity index (χ3v) is 5.51.